The molecule has 1 fully saturated rings. The summed E-state index contributed by atoms with van der Waals surface area (Å²) in [6.45, 7) is 2.90. The molecule has 0 bridgehead atoms. The second kappa shape index (κ2) is 13.7. The molecule has 0 saturated carbocycles. The second-order valence-corrected chi connectivity index (χ2v) is 9.85. The van der Waals surface area contributed by atoms with E-state index < -0.39 is 6.09 Å². The molecule has 0 aromatic heterocycles. The van der Waals surface area contributed by atoms with Gasteiger partial charge in [-0.15, -0.1) is 0 Å². The minimum atomic E-state index is -0.932. The molecule has 4 rings (SSSR count). The van der Waals surface area contributed by atoms with E-state index >= 15 is 0 Å². The maximum atomic E-state index is 11.6. The van der Waals surface area contributed by atoms with E-state index in [1.807, 2.05) is 60.7 Å². The number of halogens is 2. The summed E-state index contributed by atoms with van der Waals surface area (Å²) in [4.78, 5) is 13.0. The van der Waals surface area contributed by atoms with Crippen molar-refractivity contribution in [1.82, 2.24) is 4.90 Å². The topological polar surface area (TPSA) is 68.2 Å². The molecule has 1 aliphatic heterocycles. The van der Waals surface area contributed by atoms with Crippen molar-refractivity contribution < 1.29 is 24.1 Å². The van der Waals surface area contributed by atoms with Crippen molar-refractivity contribution in [2.45, 2.75) is 38.1 Å². The van der Waals surface area contributed by atoms with Gasteiger partial charge in [-0.05, 0) is 47.4 Å². The lowest BCUT2D eigenvalue weighted by Crippen LogP contribution is -2.46. The van der Waals surface area contributed by atoms with Crippen LogP contribution in [0, 0.1) is 0 Å². The number of carbonyl (C=O) groups is 1. The number of hydrogen-bond acceptors (Lipinski definition) is 4. The van der Waals surface area contributed by atoms with E-state index in [-0.39, 0.29) is 12.0 Å². The molecule has 8 heteroatoms. The van der Waals surface area contributed by atoms with Gasteiger partial charge in [0.15, 0.2) is 0 Å². The number of amides is 1. The van der Waals surface area contributed by atoms with Gasteiger partial charge in [0, 0.05) is 18.9 Å². The highest BCUT2D eigenvalue weighted by Gasteiger charge is 2.33. The third kappa shape index (κ3) is 8.11. The SMILES string of the molecule is O=C(O)N1CCC(c2ccc(OCCCOCc3ccccc3)cc2)C(OCc2ccc(Cl)c(Cl)c2)C1. The molecule has 3 aromatic rings. The maximum Gasteiger partial charge on any atom is 0.407 e. The molecule has 6 nitrogen and oxygen atoms in total. The van der Waals surface area contributed by atoms with Crippen LogP contribution in [0.5, 0.6) is 5.75 Å². The average molecular weight is 544 g/mol. The second-order valence-electron chi connectivity index (χ2n) is 9.03. The zero-order valence-electron chi connectivity index (χ0n) is 20.5. The summed E-state index contributed by atoms with van der Waals surface area (Å²) in [5, 5.41) is 10.5. The Balaban J connectivity index is 1.28. The lowest BCUT2D eigenvalue weighted by Gasteiger charge is -2.37. The largest absolute Gasteiger partial charge is 0.494 e. The van der Waals surface area contributed by atoms with Crippen molar-refractivity contribution in [3.63, 3.8) is 0 Å². The summed E-state index contributed by atoms with van der Waals surface area (Å²) >= 11 is 12.1. The zero-order valence-corrected chi connectivity index (χ0v) is 22.0. The molecule has 2 atom stereocenters. The van der Waals surface area contributed by atoms with Crippen LogP contribution in [0.2, 0.25) is 10.0 Å². The Kier molecular flexibility index (Phi) is 10.1. The van der Waals surface area contributed by atoms with Gasteiger partial charge in [-0.2, -0.15) is 0 Å². The quantitative estimate of drug-likeness (QED) is 0.263. The fraction of sp³-hybridized carbons (Fsp3) is 0.345. The Labute approximate surface area is 227 Å². The molecule has 1 heterocycles. The Morgan fingerprint density at radius 2 is 1.70 bits per heavy atom. The van der Waals surface area contributed by atoms with Crippen molar-refractivity contribution in [2.75, 3.05) is 26.3 Å². The molecule has 196 valence electrons. The van der Waals surface area contributed by atoms with Crippen LogP contribution in [-0.2, 0) is 22.7 Å². The minimum Gasteiger partial charge on any atom is -0.494 e. The standard InChI is InChI=1S/C29H31Cl2NO5/c30-26-12-7-22(17-27(26)31)20-37-28-18-32(29(33)34)14-13-25(28)23-8-10-24(11-9-23)36-16-4-15-35-19-21-5-2-1-3-6-21/h1-3,5-12,17,25,28H,4,13-16,18-20H2,(H,33,34). The summed E-state index contributed by atoms with van der Waals surface area (Å²) in [5.74, 6) is 0.863. The van der Waals surface area contributed by atoms with Gasteiger partial charge in [0.1, 0.15) is 5.75 Å². The van der Waals surface area contributed by atoms with Crippen molar-refractivity contribution >= 4 is 29.3 Å². The van der Waals surface area contributed by atoms with Gasteiger partial charge in [-0.1, -0.05) is 71.7 Å². The van der Waals surface area contributed by atoms with Crippen LogP contribution < -0.4 is 4.74 Å². The number of carboxylic acid groups (broad SMARTS) is 1. The molecule has 2 unspecified atom stereocenters. The van der Waals surface area contributed by atoms with Gasteiger partial charge < -0.3 is 24.2 Å². The molecule has 0 aliphatic carbocycles. The summed E-state index contributed by atoms with van der Waals surface area (Å²) in [5.41, 5.74) is 3.15. The van der Waals surface area contributed by atoms with Crippen LogP contribution in [0.15, 0.2) is 72.8 Å². The number of benzene rings is 3. The Hall–Kier alpha value is -2.77. The van der Waals surface area contributed by atoms with Crippen LogP contribution in [0.3, 0.4) is 0 Å². The Morgan fingerprint density at radius 3 is 2.43 bits per heavy atom. The van der Waals surface area contributed by atoms with Gasteiger partial charge in [0.2, 0.25) is 0 Å². The maximum absolute atomic E-state index is 11.6. The molecule has 1 N–H and O–H groups in total. The average Bonchev–Trinajstić information content (AvgIpc) is 2.92. The first-order chi connectivity index (χ1) is 18.0. The van der Waals surface area contributed by atoms with E-state index in [9.17, 15) is 9.90 Å². The van der Waals surface area contributed by atoms with Crippen LogP contribution in [0.25, 0.3) is 0 Å². The van der Waals surface area contributed by atoms with Crippen molar-refractivity contribution in [1.29, 1.82) is 0 Å². The van der Waals surface area contributed by atoms with Gasteiger partial charge in [0.25, 0.3) is 0 Å². The number of rotatable bonds is 11. The van der Waals surface area contributed by atoms with E-state index in [1.165, 1.54) is 4.90 Å². The molecule has 1 saturated heterocycles. The highest BCUT2D eigenvalue weighted by Crippen LogP contribution is 2.32. The third-order valence-electron chi connectivity index (χ3n) is 6.40. The molecule has 1 amide bonds. The number of likely N-dealkylation sites (tertiary alicyclic amines) is 1. The smallest absolute Gasteiger partial charge is 0.407 e. The van der Waals surface area contributed by atoms with E-state index in [0.717, 1.165) is 28.9 Å². The first kappa shape index (κ1) is 27.3. The first-order valence-electron chi connectivity index (χ1n) is 12.4. The summed E-state index contributed by atoms with van der Waals surface area (Å²) in [6.07, 6.45) is 0.260. The van der Waals surface area contributed by atoms with Crippen LogP contribution in [0.1, 0.15) is 35.4 Å². The van der Waals surface area contributed by atoms with Gasteiger partial charge in [-0.25, -0.2) is 4.79 Å². The molecular weight excluding hydrogens is 513 g/mol. The number of ether oxygens (including phenoxy) is 3. The summed E-state index contributed by atoms with van der Waals surface area (Å²) in [6, 6.07) is 23.5. The molecule has 0 spiro atoms. The fourth-order valence-corrected chi connectivity index (χ4v) is 4.72. The van der Waals surface area contributed by atoms with Gasteiger partial charge >= 0.3 is 6.09 Å². The molecular formula is C29H31Cl2NO5. The van der Waals surface area contributed by atoms with Gasteiger partial charge in [-0.3, -0.25) is 0 Å². The van der Waals surface area contributed by atoms with Crippen molar-refractivity contribution in [3.8, 4) is 5.75 Å². The minimum absolute atomic E-state index is 0.0683. The van der Waals surface area contributed by atoms with E-state index in [4.69, 9.17) is 37.4 Å². The zero-order chi connectivity index (χ0) is 26.0. The Bertz CT molecular complexity index is 1140. The van der Waals surface area contributed by atoms with E-state index in [2.05, 4.69) is 0 Å². The molecule has 0 radical (unpaired) electrons. The van der Waals surface area contributed by atoms with Crippen LogP contribution in [0.4, 0.5) is 4.79 Å². The molecule has 3 aromatic carbocycles. The predicted molar refractivity (Wildman–Crippen MR) is 145 cm³/mol. The lowest BCUT2D eigenvalue weighted by molar-refractivity contribution is -0.0199. The van der Waals surface area contributed by atoms with Gasteiger partial charge in [0.05, 0.1) is 49.1 Å². The highest BCUT2D eigenvalue weighted by molar-refractivity contribution is 6.42. The monoisotopic (exact) mass is 543 g/mol. The number of nitrogens with zero attached hydrogens (tertiary/aromatic N) is 1. The van der Waals surface area contributed by atoms with Crippen LogP contribution in [-0.4, -0.2) is 48.5 Å². The van der Waals surface area contributed by atoms with Crippen molar-refractivity contribution in [2.24, 2.45) is 0 Å². The molecule has 37 heavy (non-hydrogen) atoms. The van der Waals surface area contributed by atoms with E-state index in [0.29, 0.717) is 56.0 Å². The predicted octanol–water partition coefficient (Wildman–Crippen LogP) is 7.03. The van der Waals surface area contributed by atoms with Crippen LogP contribution >= 0.6 is 23.2 Å². The highest BCUT2D eigenvalue weighted by atomic mass is 35.5. The third-order valence-corrected chi connectivity index (χ3v) is 7.14. The lowest BCUT2D eigenvalue weighted by atomic mass is 9.87. The Morgan fingerprint density at radius 1 is 0.919 bits per heavy atom. The summed E-state index contributed by atoms with van der Waals surface area (Å²) in [7, 11) is 0. The number of piperidine rings is 1. The normalized spacial score (nSPS) is 17.5. The van der Waals surface area contributed by atoms with Crippen molar-refractivity contribution in [3.05, 3.63) is 99.5 Å². The molecule has 1 aliphatic rings. The first-order valence-corrected chi connectivity index (χ1v) is 13.1. The van der Waals surface area contributed by atoms with E-state index in [1.54, 1.807) is 12.1 Å². The fourth-order valence-electron chi connectivity index (χ4n) is 4.40. The number of hydrogen-bond donors (Lipinski definition) is 1. The summed E-state index contributed by atoms with van der Waals surface area (Å²) < 4.78 is 17.8.